The Morgan fingerprint density at radius 3 is 2.50 bits per heavy atom. The predicted octanol–water partition coefficient (Wildman–Crippen LogP) is 2.52. The van der Waals surface area contributed by atoms with Gasteiger partial charge in [0.1, 0.15) is 11.9 Å². The molecule has 9 heteroatoms. The van der Waals surface area contributed by atoms with E-state index in [1.165, 1.54) is 0 Å². The summed E-state index contributed by atoms with van der Waals surface area (Å²) in [7, 11) is 1.99. The van der Waals surface area contributed by atoms with Gasteiger partial charge in [0.25, 0.3) is 0 Å². The lowest BCUT2D eigenvalue weighted by Gasteiger charge is -2.49. The Bertz CT molecular complexity index is 908. The maximum Gasteiger partial charge on any atom is 0.245 e. The van der Waals surface area contributed by atoms with Crippen molar-refractivity contribution in [1.82, 2.24) is 24.7 Å². The minimum absolute atomic E-state index is 0.0323. The van der Waals surface area contributed by atoms with E-state index in [-0.39, 0.29) is 29.8 Å². The Morgan fingerprint density at radius 2 is 1.92 bits per heavy atom. The van der Waals surface area contributed by atoms with E-state index in [0.29, 0.717) is 57.4 Å². The monoisotopic (exact) mass is 503 g/mol. The number of nitrogens with one attached hydrogen (secondary N) is 1. The molecule has 1 aromatic heterocycles. The molecule has 3 aliphatic rings. The van der Waals surface area contributed by atoms with Gasteiger partial charge in [-0.2, -0.15) is 0 Å². The van der Waals surface area contributed by atoms with Gasteiger partial charge in [0.15, 0.2) is 5.79 Å². The van der Waals surface area contributed by atoms with E-state index in [0.717, 1.165) is 18.8 Å². The molecule has 3 aliphatic heterocycles. The van der Waals surface area contributed by atoms with Crippen LogP contribution in [0.1, 0.15) is 72.0 Å². The highest BCUT2D eigenvalue weighted by Crippen LogP contribution is 2.37. The Labute approximate surface area is 215 Å². The minimum atomic E-state index is -0.654. The Balaban J connectivity index is 1.42. The average molecular weight is 504 g/mol. The van der Waals surface area contributed by atoms with Crippen LogP contribution in [0.25, 0.3) is 0 Å². The Hall–Kier alpha value is -1.97. The minimum Gasteiger partial charge on any atom is -0.349 e. The summed E-state index contributed by atoms with van der Waals surface area (Å²) < 4.78 is 14.7. The van der Waals surface area contributed by atoms with Gasteiger partial charge in [0, 0.05) is 58.0 Å². The van der Waals surface area contributed by atoms with E-state index < -0.39 is 11.8 Å². The first-order valence-electron chi connectivity index (χ1n) is 13.7. The van der Waals surface area contributed by atoms with Crippen molar-refractivity contribution in [3.05, 3.63) is 18.2 Å². The molecule has 36 heavy (non-hydrogen) atoms. The van der Waals surface area contributed by atoms with Crippen LogP contribution in [-0.2, 0) is 26.1 Å². The highest BCUT2D eigenvalue weighted by molar-refractivity contribution is 5.90. The number of piperidine rings is 1. The van der Waals surface area contributed by atoms with Crippen molar-refractivity contribution in [2.24, 2.45) is 18.9 Å². The molecule has 3 atom stereocenters. The normalized spacial score (nSPS) is 30.4. The van der Waals surface area contributed by atoms with Crippen LogP contribution >= 0.6 is 0 Å². The summed E-state index contributed by atoms with van der Waals surface area (Å²) in [6.45, 7) is 13.6. The van der Waals surface area contributed by atoms with Crippen molar-refractivity contribution in [1.29, 1.82) is 0 Å². The van der Waals surface area contributed by atoms with Gasteiger partial charge in [-0.05, 0) is 31.6 Å². The van der Waals surface area contributed by atoms with Gasteiger partial charge >= 0.3 is 0 Å². The molecule has 0 radical (unpaired) electrons. The zero-order valence-corrected chi connectivity index (χ0v) is 22.9. The SMILES string of the molecule is CC(C)C[C@@H]1NCCN([C@@H](CC(C)C)C(=O)N2CCC3(C[C@@H]2C)OCC(c2nccn2C)CO3)C1=O. The number of carbonyl (C=O) groups is 2. The van der Waals surface area contributed by atoms with Crippen LogP contribution < -0.4 is 5.32 Å². The second-order valence-electron chi connectivity index (χ2n) is 11.8. The highest BCUT2D eigenvalue weighted by atomic mass is 16.7. The van der Waals surface area contributed by atoms with Crippen molar-refractivity contribution in [2.75, 3.05) is 32.8 Å². The fourth-order valence-electron chi connectivity index (χ4n) is 6.00. The third-order valence-electron chi connectivity index (χ3n) is 7.86. The number of amides is 2. The first-order chi connectivity index (χ1) is 17.1. The molecule has 2 amide bonds. The topological polar surface area (TPSA) is 88.9 Å². The number of nitrogens with zero attached hydrogens (tertiary/aromatic N) is 4. The largest absolute Gasteiger partial charge is 0.349 e. The molecular formula is C27H45N5O4. The fraction of sp³-hybridized carbons (Fsp3) is 0.815. The van der Waals surface area contributed by atoms with Crippen molar-refractivity contribution in [3.63, 3.8) is 0 Å². The van der Waals surface area contributed by atoms with Crippen LogP contribution in [0.15, 0.2) is 12.4 Å². The molecule has 3 fully saturated rings. The number of aryl methyl sites for hydroxylation is 1. The molecule has 4 rings (SSSR count). The molecule has 0 bridgehead atoms. The Kier molecular flexibility index (Phi) is 8.42. The number of piperazine rings is 1. The predicted molar refractivity (Wildman–Crippen MR) is 137 cm³/mol. The lowest BCUT2D eigenvalue weighted by atomic mass is 9.92. The highest BCUT2D eigenvalue weighted by Gasteiger charge is 2.47. The Morgan fingerprint density at radius 1 is 1.19 bits per heavy atom. The summed E-state index contributed by atoms with van der Waals surface area (Å²) in [6, 6.07) is -0.666. The van der Waals surface area contributed by atoms with Crippen molar-refractivity contribution in [3.8, 4) is 0 Å². The van der Waals surface area contributed by atoms with Gasteiger partial charge < -0.3 is 29.2 Å². The molecule has 9 nitrogen and oxygen atoms in total. The molecule has 0 aromatic carbocycles. The van der Waals surface area contributed by atoms with Gasteiger partial charge in [0.05, 0.1) is 25.2 Å². The van der Waals surface area contributed by atoms with E-state index in [1.54, 1.807) is 6.20 Å². The molecule has 4 heterocycles. The van der Waals surface area contributed by atoms with Crippen molar-refractivity contribution in [2.45, 2.75) is 90.1 Å². The van der Waals surface area contributed by atoms with Crippen LogP contribution in [0, 0.1) is 11.8 Å². The van der Waals surface area contributed by atoms with Crippen LogP contribution in [0.4, 0.5) is 0 Å². The first kappa shape index (κ1) is 27.1. The summed E-state index contributed by atoms with van der Waals surface area (Å²) in [6.07, 6.45) is 6.46. The van der Waals surface area contributed by atoms with Crippen molar-refractivity contribution < 1.29 is 19.1 Å². The maximum atomic E-state index is 14.0. The number of hydrogen-bond donors (Lipinski definition) is 1. The second kappa shape index (κ2) is 11.2. The molecule has 1 N–H and O–H groups in total. The number of hydrogen-bond acceptors (Lipinski definition) is 6. The average Bonchev–Trinajstić information content (AvgIpc) is 3.25. The van der Waals surface area contributed by atoms with E-state index >= 15 is 0 Å². The van der Waals surface area contributed by atoms with Gasteiger partial charge in [-0.25, -0.2) is 4.98 Å². The summed E-state index contributed by atoms with van der Waals surface area (Å²) >= 11 is 0. The second-order valence-corrected chi connectivity index (χ2v) is 11.8. The van der Waals surface area contributed by atoms with Gasteiger partial charge in [0.2, 0.25) is 11.8 Å². The number of likely N-dealkylation sites (tertiary alicyclic amines) is 1. The van der Waals surface area contributed by atoms with Gasteiger partial charge in [-0.15, -0.1) is 0 Å². The molecule has 0 unspecified atom stereocenters. The molecule has 0 aliphatic carbocycles. The number of carbonyl (C=O) groups excluding carboxylic acids is 2. The fourth-order valence-corrected chi connectivity index (χ4v) is 6.00. The van der Waals surface area contributed by atoms with Crippen LogP contribution in [0.2, 0.25) is 0 Å². The summed E-state index contributed by atoms with van der Waals surface area (Å²) in [5.41, 5.74) is 0. The molecular weight excluding hydrogens is 458 g/mol. The number of ether oxygens (including phenoxy) is 2. The standard InChI is InChI=1S/C27H45N5O4/c1-18(2)13-22-25(33)32(12-9-28-22)23(14-19(3)4)26(34)31-10-7-27(15-20(31)5)35-16-21(17-36-27)24-29-8-11-30(24)6/h8,11,18-23,28H,7,9-10,12-17H2,1-6H3/t20-,21?,22-,23-,27?/m0/s1. The van der Waals surface area contributed by atoms with Gasteiger partial charge in [-0.3, -0.25) is 9.59 Å². The zero-order valence-electron chi connectivity index (χ0n) is 22.9. The van der Waals surface area contributed by atoms with Gasteiger partial charge in [-0.1, -0.05) is 27.7 Å². The van der Waals surface area contributed by atoms with E-state index in [4.69, 9.17) is 9.47 Å². The smallest absolute Gasteiger partial charge is 0.245 e. The van der Waals surface area contributed by atoms with Crippen LogP contribution in [-0.4, -0.2) is 87.9 Å². The third-order valence-corrected chi connectivity index (χ3v) is 7.86. The quantitative estimate of drug-likeness (QED) is 0.615. The first-order valence-corrected chi connectivity index (χ1v) is 13.7. The molecule has 1 aromatic rings. The summed E-state index contributed by atoms with van der Waals surface area (Å²) in [4.78, 5) is 35.6. The molecule has 1 spiro atoms. The molecule has 3 saturated heterocycles. The number of imidazole rings is 1. The van der Waals surface area contributed by atoms with Crippen molar-refractivity contribution >= 4 is 11.8 Å². The molecule has 202 valence electrons. The summed E-state index contributed by atoms with van der Waals surface area (Å²) in [5, 5.41) is 3.37. The number of rotatable bonds is 7. The third kappa shape index (κ3) is 5.78. The van der Waals surface area contributed by atoms with Crippen LogP contribution in [0.3, 0.4) is 0 Å². The lowest BCUT2D eigenvalue weighted by Crippen LogP contribution is -2.64. The number of aromatic nitrogens is 2. The maximum absolute atomic E-state index is 14.0. The lowest BCUT2D eigenvalue weighted by molar-refractivity contribution is -0.294. The summed E-state index contributed by atoms with van der Waals surface area (Å²) in [5.74, 6) is 1.28. The van der Waals surface area contributed by atoms with E-state index in [9.17, 15) is 9.59 Å². The van der Waals surface area contributed by atoms with E-state index in [1.807, 2.05) is 27.6 Å². The zero-order chi connectivity index (χ0) is 26.0. The molecule has 0 saturated carbocycles. The van der Waals surface area contributed by atoms with E-state index in [2.05, 4.69) is 44.9 Å². The van der Waals surface area contributed by atoms with Crippen LogP contribution in [0.5, 0.6) is 0 Å².